The second-order valence-corrected chi connectivity index (χ2v) is 6.55. The van der Waals surface area contributed by atoms with E-state index in [0.29, 0.717) is 4.88 Å². The summed E-state index contributed by atoms with van der Waals surface area (Å²) in [6.45, 7) is 6.07. The van der Waals surface area contributed by atoms with E-state index in [2.05, 4.69) is 10.3 Å². The summed E-state index contributed by atoms with van der Waals surface area (Å²) in [6.07, 6.45) is 1.73. The third-order valence-electron chi connectivity index (χ3n) is 3.17. The molecule has 2 rings (SSSR count). The molecule has 0 bridgehead atoms. The number of hydrogen-bond acceptors (Lipinski definition) is 5. The van der Waals surface area contributed by atoms with Crippen molar-refractivity contribution in [2.45, 2.75) is 39.4 Å². The first-order chi connectivity index (χ1) is 11.0. The van der Waals surface area contributed by atoms with Crippen molar-refractivity contribution in [3.05, 3.63) is 45.9 Å². The van der Waals surface area contributed by atoms with Crippen LogP contribution in [-0.2, 0) is 6.42 Å². The van der Waals surface area contributed by atoms with Gasteiger partial charge in [-0.25, -0.2) is 4.98 Å². The summed E-state index contributed by atoms with van der Waals surface area (Å²) in [7, 11) is 0. The number of aromatic nitrogens is 1. The van der Waals surface area contributed by atoms with Gasteiger partial charge in [0.15, 0.2) is 0 Å². The van der Waals surface area contributed by atoms with Gasteiger partial charge in [0.1, 0.15) is 10.6 Å². The highest BCUT2D eigenvalue weighted by molar-refractivity contribution is 7.13. The van der Waals surface area contributed by atoms with Gasteiger partial charge in [0, 0.05) is 6.54 Å². The van der Waals surface area contributed by atoms with Crippen LogP contribution >= 0.6 is 11.3 Å². The molecule has 124 valence electrons. The summed E-state index contributed by atoms with van der Waals surface area (Å²) in [4.78, 5) is 16.7. The Morgan fingerprint density at radius 2 is 2.04 bits per heavy atom. The molecular weight excluding hydrogens is 312 g/mol. The summed E-state index contributed by atoms with van der Waals surface area (Å²) in [6, 6.07) is 7.24. The molecular formula is C17H22N2O3S. The third kappa shape index (κ3) is 5.04. The highest BCUT2D eigenvalue weighted by Crippen LogP contribution is 2.19. The quantitative estimate of drug-likeness (QED) is 0.816. The van der Waals surface area contributed by atoms with Crippen molar-refractivity contribution < 1.29 is 14.6 Å². The number of nitrogens with zero attached hydrogens (tertiary/aromatic N) is 1. The Kier molecular flexibility index (Phi) is 6.12. The van der Waals surface area contributed by atoms with Crippen LogP contribution in [0.25, 0.3) is 0 Å². The molecule has 6 heteroatoms. The van der Waals surface area contributed by atoms with Crippen molar-refractivity contribution in [3.63, 3.8) is 0 Å². The van der Waals surface area contributed by atoms with Gasteiger partial charge in [-0.1, -0.05) is 19.1 Å². The van der Waals surface area contributed by atoms with Crippen LogP contribution in [0.15, 0.2) is 30.5 Å². The molecule has 23 heavy (non-hydrogen) atoms. The standard InChI is InChI=1S/C17H22N2O3S/c1-4-16-18-10-15(23-16)17(21)19-9-14(20)12-5-7-13(8-6-12)22-11(2)3/h5-8,10-11,14,20H,4,9H2,1-3H3,(H,19,21). The average Bonchev–Trinajstić information content (AvgIpc) is 3.01. The van der Waals surface area contributed by atoms with Gasteiger partial charge in [0.2, 0.25) is 0 Å². The minimum Gasteiger partial charge on any atom is -0.491 e. The van der Waals surface area contributed by atoms with E-state index >= 15 is 0 Å². The Balaban J connectivity index is 1.88. The van der Waals surface area contributed by atoms with E-state index in [0.717, 1.165) is 22.7 Å². The van der Waals surface area contributed by atoms with Crippen LogP contribution < -0.4 is 10.1 Å². The molecule has 0 saturated carbocycles. The Labute approximate surface area is 140 Å². The number of ether oxygens (including phenoxy) is 1. The lowest BCUT2D eigenvalue weighted by atomic mass is 10.1. The van der Waals surface area contributed by atoms with E-state index in [1.165, 1.54) is 11.3 Å². The van der Waals surface area contributed by atoms with Gasteiger partial charge < -0.3 is 15.2 Å². The fourth-order valence-electron chi connectivity index (χ4n) is 2.01. The first kappa shape index (κ1) is 17.4. The van der Waals surface area contributed by atoms with E-state index in [9.17, 15) is 9.90 Å². The molecule has 2 aromatic rings. The lowest BCUT2D eigenvalue weighted by Gasteiger charge is -2.14. The molecule has 1 aromatic heterocycles. The van der Waals surface area contributed by atoms with Crippen molar-refractivity contribution in [2.75, 3.05) is 6.54 Å². The molecule has 0 aliphatic carbocycles. The molecule has 0 radical (unpaired) electrons. The summed E-state index contributed by atoms with van der Waals surface area (Å²) < 4.78 is 5.56. The van der Waals surface area contributed by atoms with Crippen molar-refractivity contribution in [2.24, 2.45) is 0 Å². The Morgan fingerprint density at radius 3 is 2.61 bits per heavy atom. The van der Waals surface area contributed by atoms with Crippen molar-refractivity contribution in [3.8, 4) is 5.75 Å². The summed E-state index contributed by atoms with van der Waals surface area (Å²) in [5.41, 5.74) is 0.736. The van der Waals surface area contributed by atoms with Gasteiger partial charge in [-0.05, 0) is 38.0 Å². The van der Waals surface area contributed by atoms with Crippen LogP contribution in [0.3, 0.4) is 0 Å². The molecule has 0 saturated heterocycles. The number of rotatable bonds is 7. The predicted molar refractivity (Wildman–Crippen MR) is 91.0 cm³/mol. The van der Waals surface area contributed by atoms with Crippen LogP contribution in [0.5, 0.6) is 5.75 Å². The number of carbonyl (C=O) groups excluding carboxylic acids is 1. The number of aliphatic hydroxyl groups is 1. The molecule has 1 atom stereocenters. The number of thiazole rings is 1. The number of benzene rings is 1. The van der Waals surface area contributed by atoms with E-state index in [1.54, 1.807) is 18.3 Å². The van der Waals surface area contributed by atoms with Gasteiger partial charge in [-0.15, -0.1) is 11.3 Å². The van der Waals surface area contributed by atoms with Crippen LogP contribution in [0.1, 0.15) is 47.1 Å². The molecule has 5 nitrogen and oxygen atoms in total. The highest BCUT2D eigenvalue weighted by Gasteiger charge is 2.13. The molecule has 0 aliphatic heterocycles. The first-order valence-corrected chi connectivity index (χ1v) is 8.48. The molecule has 2 N–H and O–H groups in total. The van der Waals surface area contributed by atoms with Crippen LogP contribution in [0.2, 0.25) is 0 Å². The molecule has 0 aliphatic rings. The van der Waals surface area contributed by atoms with E-state index < -0.39 is 6.10 Å². The normalized spacial score (nSPS) is 12.2. The zero-order chi connectivity index (χ0) is 16.8. The molecule has 1 amide bonds. The number of aryl methyl sites for hydroxylation is 1. The largest absolute Gasteiger partial charge is 0.491 e. The smallest absolute Gasteiger partial charge is 0.263 e. The van der Waals surface area contributed by atoms with Crippen LogP contribution in [0, 0.1) is 0 Å². The fraction of sp³-hybridized carbons (Fsp3) is 0.412. The zero-order valence-corrected chi connectivity index (χ0v) is 14.4. The number of hydrogen-bond donors (Lipinski definition) is 2. The predicted octanol–water partition coefficient (Wildman–Crippen LogP) is 2.96. The first-order valence-electron chi connectivity index (χ1n) is 7.67. The van der Waals surface area contributed by atoms with Crippen molar-refractivity contribution >= 4 is 17.2 Å². The van der Waals surface area contributed by atoms with Gasteiger partial charge >= 0.3 is 0 Å². The van der Waals surface area contributed by atoms with E-state index in [4.69, 9.17) is 4.74 Å². The van der Waals surface area contributed by atoms with Gasteiger partial charge in [-0.3, -0.25) is 4.79 Å². The number of aliphatic hydroxyl groups excluding tert-OH is 1. The lowest BCUT2D eigenvalue weighted by molar-refractivity contribution is 0.0920. The maximum Gasteiger partial charge on any atom is 0.263 e. The molecule has 1 unspecified atom stereocenters. The molecule has 1 heterocycles. The second-order valence-electron chi connectivity index (χ2n) is 5.43. The van der Waals surface area contributed by atoms with Gasteiger partial charge in [0.05, 0.1) is 23.4 Å². The maximum absolute atomic E-state index is 12.0. The Hall–Kier alpha value is -1.92. The monoisotopic (exact) mass is 334 g/mol. The topological polar surface area (TPSA) is 71.5 Å². The average molecular weight is 334 g/mol. The zero-order valence-electron chi connectivity index (χ0n) is 13.6. The lowest BCUT2D eigenvalue weighted by Crippen LogP contribution is -2.27. The molecule has 1 aromatic carbocycles. The van der Waals surface area contributed by atoms with Crippen molar-refractivity contribution in [1.82, 2.24) is 10.3 Å². The minimum absolute atomic E-state index is 0.109. The summed E-state index contributed by atoms with van der Waals surface area (Å²) in [5.74, 6) is 0.553. The second kappa shape index (κ2) is 8.08. The van der Waals surface area contributed by atoms with Gasteiger partial charge in [0.25, 0.3) is 5.91 Å². The molecule has 0 fully saturated rings. The Bertz CT molecular complexity index is 638. The number of amides is 1. The van der Waals surface area contributed by atoms with Gasteiger partial charge in [-0.2, -0.15) is 0 Å². The van der Waals surface area contributed by atoms with Crippen LogP contribution in [0.4, 0.5) is 0 Å². The third-order valence-corrected chi connectivity index (χ3v) is 4.31. The fourth-order valence-corrected chi connectivity index (χ4v) is 2.79. The summed E-state index contributed by atoms with van der Waals surface area (Å²) in [5, 5.41) is 13.8. The molecule has 0 spiro atoms. The Morgan fingerprint density at radius 1 is 1.35 bits per heavy atom. The van der Waals surface area contributed by atoms with Crippen LogP contribution in [-0.4, -0.2) is 28.6 Å². The SMILES string of the molecule is CCc1ncc(C(=O)NCC(O)c2ccc(OC(C)C)cc2)s1. The number of carbonyl (C=O) groups is 1. The van der Waals surface area contributed by atoms with E-state index in [-0.39, 0.29) is 18.6 Å². The number of nitrogens with one attached hydrogen (secondary N) is 1. The maximum atomic E-state index is 12.0. The highest BCUT2D eigenvalue weighted by atomic mass is 32.1. The summed E-state index contributed by atoms with van der Waals surface area (Å²) >= 11 is 1.37. The van der Waals surface area contributed by atoms with Crippen molar-refractivity contribution in [1.29, 1.82) is 0 Å². The van der Waals surface area contributed by atoms with E-state index in [1.807, 2.05) is 32.9 Å². The minimum atomic E-state index is -0.759.